The van der Waals surface area contributed by atoms with Gasteiger partial charge in [0.05, 0.1) is 11.4 Å². The maximum atomic E-state index is 6.06. The van der Waals surface area contributed by atoms with E-state index in [-0.39, 0.29) is 0 Å². The van der Waals surface area contributed by atoms with Crippen molar-refractivity contribution in [1.29, 1.82) is 0 Å². The molecule has 0 aromatic heterocycles. The number of fused-ring (bicyclic) bond motifs is 5. The molecular formula is C12H16N2. The van der Waals surface area contributed by atoms with Gasteiger partial charge in [0.2, 0.25) is 0 Å². The first-order chi connectivity index (χ1) is 6.68. The number of nitrogens with two attached hydrogens (primary N) is 2. The van der Waals surface area contributed by atoms with Gasteiger partial charge >= 0.3 is 0 Å². The molecule has 2 unspecified atom stereocenters. The van der Waals surface area contributed by atoms with Crippen LogP contribution in [0.2, 0.25) is 0 Å². The number of aryl methyl sites for hydroxylation is 1. The predicted molar refractivity (Wildman–Crippen MR) is 59.3 cm³/mol. The lowest BCUT2D eigenvalue weighted by molar-refractivity contribution is 0.715. The Morgan fingerprint density at radius 2 is 1.79 bits per heavy atom. The van der Waals surface area contributed by atoms with Gasteiger partial charge in [-0.2, -0.15) is 0 Å². The number of hydrogen-bond donors (Lipinski definition) is 2. The Hall–Kier alpha value is -1.18. The van der Waals surface area contributed by atoms with E-state index in [1.807, 2.05) is 6.07 Å². The molecule has 1 aromatic rings. The molecule has 2 atom stereocenters. The second-order valence-electron chi connectivity index (χ2n) is 4.73. The van der Waals surface area contributed by atoms with Crippen molar-refractivity contribution in [2.24, 2.45) is 0 Å². The van der Waals surface area contributed by atoms with Gasteiger partial charge in [-0.1, -0.05) is 0 Å². The topological polar surface area (TPSA) is 52.0 Å². The molecule has 2 aliphatic rings. The van der Waals surface area contributed by atoms with Gasteiger partial charge in [0.1, 0.15) is 0 Å². The minimum atomic E-state index is 0.706. The van der Waals surface area contributed by atoms with Gasteiger partial charge in [-0.25, -0.2) is 0 Å². The Balaban J connectivity index is 2.32. The summed E-state index contributed by atoms with van der Waals surface area (Å²) >= 11 is 0. The lowest BCUT2D eigenvalue weighted by Gasteiger charge is -2.20. The zero-order valence-electron chi connectivity index (χ0n) is 8.51. The number of nitrogen functional groups attached to an aromatic ring is 2. The van der Waals surface area contributed by atoms with Gasteiger partial charge < -0.3 is 11.5 Å². The number of anilines is 2. The van der Waals surface area contributed by atoms with E-state index < -0.39 is 0 Å². The first-order valence-electron chi connectivity index (χ1n) is 5.37. The van der Waals surface area contributed by atoms with E-state index in [1.54, 1.807) is 0 Å². The Bertz CT molecular complexity index is 409. The normalized spacial score (nSPS) is 28.1. The maximum absolute atomic E-state index is 6.06. The fourth-order valence-electron chi connectivity index (χ4n) is 3.39. The zero-order valence-corrected chi connectivity index (χ0v) is 8.51. The fourth-order valence-corrected chi connectivity index (χ4v) is 3.39. The molecule has 2 aliphatic carbocycles. The molecule has 0 radical (unpaired) electrons. The molecule has 1 aromatic carbocycles. The summed E-state index contributed by atoms with van der Waals surface area (Å²) in [5, 5.41) is 0. The molecule has 2 heteroatoms. The van der Waals surface area contributed by atoms with Crippen molar-refractivity contribution in [3.05, 3.63) is 22.8 Å². The van der Waals surface area contributed by atoms with Crippen molar-refractivity contribution in [2.45, 2.75) is 38.0 Å². The van der Waals surface area contributed by atoms with E-state index in [4.69, 9.17) is 11.5 Å². The van der Waals surface area contributed by atoms with Crippen LogP contribution in [0.5, 0.6) is 0 Å². The van der Waals surface area contributed by atoms with Gasteiger partial charge in [-0.05, 0) is 60.8 Å². The smallest absolute Gasteiger partial charge is 0.0586 e. The third kappa shape index (κ3) is 0.813. The van der Waals surface area contributed by atoms with Gasteiger partial charge in [0.15, 0.2) is 0 Å². The van der Waals surface area contributed by atoms with Crippen molar-refractivity contribution >= 4 is 11.4 Å². The highest BCUT2D eigenvalue weighted by Crippen LogP contribution is 2.56. The van der Waals surface area contributed by atoms with E-state index >= 15 is 0 Å². The van der Waals surface area contributed by atoms with Crippen molar-refractivity contribution < 1.29 is 0 Å². The minimum absolute atomic E-state index is 0.706. The van der Waals surface area contributed by atoms with Crippen LogP contribution in [0.15, 0.2) is 6.07 Å². The van der Waals surface area contributed by atoms with E-state index in [9.17, 15) is 0 Å². The van der Waals surface area contributed by atoms with E-state index in [1.165, 1.54) is 36.0 Å². The summed E-state index contributed by atoms with van der Waals surface area (Å²) in [7, 11) is 0. The van der Waals surface area contributed by atoms with Crippen LogP contribution in [0.4, 0.5) is 11.4 Å². The average Bonchev–Trinajstić information content (AvgIpc) is 2.73. The highest BCUT2D eigenvalue weighted by Gasteiger charge is 2.39. The van der Waals surface area contributed by atoms with Gasteiger partial charge in [-0.3, -0.25) is 0 Å². The van der Waals surface area contributed by atoms with Crippen LogP contribution in [0.25, 0.3) is 0 Å². The molecule has 0 saturated heterocycles. The number of hydrogen-bond acceptors (Lipinski definition) is 2. The molecular weight excluding hydrogens is 172 g/mol. The summed E-state index contributed by atoms with van der Waals surface area (Å²) in [5.41, 5.74) is 17.9. The quantitative estimate of drug-likeness (QED) is 0.615. The highest BCUT2D eigenvalue weighted by atomic mass is 14.7. The summed E-state index contributed by atoms with van der Waals surface area (Å²) in [6.45, 7) is 2.16. The van der Waals surface area contributed by atoms with E-state index in [0.717, 1.165) is 17.3 Å². The second-order valence-corrected chi connectivity index (χ2v) is 4.73. The van der Waals surface area contributed by atoms with Crippen LogP contribution in [-0.4, -0.2) is 0 Å². The van der Waals surface area contributed by atoms with Crippen LogP contribution in [0.1, 0.15) is 47.8 Å². The van der Waals surface area contributed by atoms with Crippen LogP contribution >= 0.6 is 0 Å². The Labute approximate surface area is 84.3 Å². The molecule has 2 bridgehead atoms. The summed E-state index contributed by atoms with van der Waals surface area (Å²) in [4.78, 5) is 0. The van der Waals surface area contributed by atoms with Crippen LogP contribution < -0.4 is 11.5 Å². The summed E-state index contributed by atoms with van der Waals surface area (Å²) < 4.78 is 0. The third-order valence-corrected chi connectivity index (χ3v) is 3.94. The number of benzene rings is 1. The molecule has 1 fully saturated rings. The van der Waals surface area contributed by atoms with Crippen molar-refractivity contribution in [3.63, 3.8) is 0 Å². The zero-order chi connectivity index (χ0) is 9.87. The van der Waals surface area contributed by atoms with Crippen LogP contribution in [0, 0.1) is 6.92 Å². The monoisotopic (exact) mass is 188 g/mol. The summed E-state index contributed by atoms with van der Waals surface area (Å²) in [6.07, 6.45) is 3.97. The van der Waals surface area contributed by atoms with E-state index in [0.29, 0.717) is 5.92 Å². The minimum Gasteiger partial charge on any atom is -0.397 e. The number of rotatable bonds is 0. The molecule has 1 saturated carbocycles. The van der Waals surface area contributed by atoms with E-state index in [2.05, 4.69) is 6.92 Å². The molecule has 0 aliphatic heterocycles. The maximum Gasteiger partial charge on any atom is 0.0586 e. The molecule has 0 amide bonds. The molecule has 3 rings (SSSR count). The Morgan fingerprint density at radius 1 is 1.14 bits per heavy atom. The SMILES string of the molecule is Cc1cc(N)c(N)c2c1C1CCC2C1. The van der Waals surface area contributed by atoms with Gasteiger partial charge in [0.25, 0.3) is 0 Å². The fraction of sp³-hybridized carbons (Fsp3) is 0.500. The lowest BCUT2D eigenvalue weighted by atomic mass is 9.87. The molecule has 14 heavy (non-hydrogen) atoms. The first-order valence-corrected chi connectivity index (χ1v) is 5.37. The third-order valence-electron chi connectivity index (χ3n) is 3.94. The van der Waals surface area contributed by atoms with Gasteiger partial charge in [0, 0.05) is 0 Å². The molecule has 0 spiro atoms. The van der Waals surface area contributed by atoms with Crippen LogP contribution in [0.3, 0.4) is 0 Å². The van der Waals surface area contributed by atoms with Crippen molar-refractivity contribution in [1.82, 2.24) is 0 Å². The second kappa shape index (κ2) is 2.44. The Kier molecular flexibility index (Phi) is 1.42. The molecule has 4 N–H and O–H groups in total. The highest BCUT2D eigenvalue weighted by molar-refractivity contribution is 5.74. The summed E-state index contributed by atoms with van der Waals surface area (Å²) in [5.74, 6) is 1.48. The van der Waals surface area contributed by atoms with Crippen LogP contribution in [-0.2, 0) is 0 Å². The average molecular weight is 188 g/mol. The van der Waals surface area contributed by atoms with Crippen molar-refractivity contribution in [3.8, 4) is 0 Å². The first kappa shape index (κ1) is 8.16. The van der Waals surface area contributed by atoms with Gasteiger partial charge in [-0.15, -0.1) is 0 Å². The molecule has 74 valence electrons. The molecule has 0 heterocycles. The largest absolute Gasteiger partial charge is 0.397 e. The lowest BCUT2D eigenvalue weighted by Crippen LogP contribution is -2.07. The standard InChI is InChI=1S/C12H16N2/c1-6-4-9(13)12(14)11-8-3-2-7(5-8)10(6)11/h4,7-8H,2-3,5,13-14H2,1H3. The molecule has 2 nitrogen and oxygen atoms in total. The predicted octanol–water partition coefficient (Wildman–Crippen LogP) is 2.52. The van der Waals surface area contributed by atoms with Crippen molar-refractivity contribution in [2.75, 3.05) is 11.5 Å². The Morgan fingerprint density at radius 3 is 2.50 bits per heavy atom. The summed E-state index contributed by atoms with van der Waals surface area (Å²) in [6, 6.07) is 2.04.